The van der Waals surface area contributed by atoms with Crippen LogP contribution in [0.25, 0.3) is 0 Å². The highest BCUT2D eigenvalue weighted by atomic mass is 35.5. The number of nitriles is 1. The lowest BCUT2D eigenvalue weighted by molar-refractivity contribution is 0.0673. The van der Waals surface area contributed by atoms with Gasteiger partial charge in [0.1, 0.15) is 17.5 Å². The molecule has 1 aromatic carbocycles. The summed E-state index contributed by atoms with van der Waals surface area (Å²) in [5, 5.41) is 14.0. The van der Waals surface area contributed by atoms with Gasteiger partial charge in [0.2, 0.25) is 0 Å². The first-order chi connectivity index (χ1) is 11.5. The van der Waals surface area contributed by atoms with E-state index < -0.39 is 0 Å². The van der Waals surface area contributed by atoms with Gasteiger partial charge in [-0.1, -0.05) is 17.7 Å². The number of carbonyl (C=O) groups excluding carboxylic acids is 1. The molecule has 1 unspecified atom stereocenters. The number of benzene rings is 1. The van der Waals surface area contributed by atoms with E-state index in [0.717, 1.165) is 11.3 Å². The van der Waals surface area contributed by atoms with Gasteiger partial charge in [-0.2, -0.15) is 10.4 Å². The molecule has 2 heterocycles. The van der Waals surface area contributed by atoms with Crippen LogP contribution in [0.5, 0.6) is 5.75 Å². The number of hydrogen-bond donors (Lipinski definition) is 0. The van der Waals surface area contributed by atoms with Gasteiger partial charge in [0.05, 0.1) is 29.4 Å². The molecule has 1 atom stereocenters. The first kappa shape index (κ1) is 16.3. The van der Waals surface area contributed by atoms with E-state index in [2.05, 4.69) is 11.2 Å². The van der Waals surface area contributed by atoms with E-state index in [0.29, 0.717) is 35.0 Å². The second-order valence-electron chi connectivity index (χ2n) is 5.69. The van der Waals surface area contributed by atoms with Crippen molar-refractivity contribution in [3.05, 3.63) is 45.7 Å². The fourth-order valence-corrected chi connectivity index (χ4v) is 3.43. The number of ether oxygens (including phenoxy) is 1. The molecule has 1 aromatic heterocycles. The summed E-state index contributed by atoms with van der Waals surface area (Å²) in [6.07, 6.45) is 0.601. The molecule has 3 rings (SSSR count). The van der Waals surface area contributed by atoms with Crippen LogP contribution in [0.4, 0.5) is 0 Å². The zero-order valence-corrected chi connectivity index (χ0v) is 14.5. The van der Waals surface area contributed by atoms with Crippen molar-refractivity contribution in [1.29, 1.82) is 5.26 Å². The Kier molecular flexibility index (Phi) is 4.20. The predicted octanol–water partition coefficient (Wildman–Crippen LogP) is 2.71. The van der Waals surface area contributed by atoms with Gasteiger partial charge in [-0.05, 0) is 25.5 Å². The van der Waals surface area contributed by atoms with Crippen molar-refractivity contribution in [2.75, 3.05) is 13.7 Å². The highest BCUT2D eigenvalue weighted by Crippen LogP contribution is 2.34. The molecule has 0 radical (unpaired) electrons. The standard InChI is InChI=1S/C17H17ClN4O2/c1-10-16-11(13(9-19)21(2)20-16)7-8-22(10)17(23)12-5-4-6-14(24-3)15(12)18/h4-6,10H,7-8H2,1-3H3. The van der Waals surface area contributed by atoms with Crippen molar-refractivity contribution in [3.8, 4) is 11.8 Å². The van der Waals surface area contributed by atoms with E-state index in [4.69, 9.17) is 16.3 Å². The van der Waals surface area contributed by atoms with Crippen LogP contribution in [-0.2, 0) is 13.5 Å². The Labute approximate surface area is 145 Å². The molecule has 1 amide bonds. The molecular formula is C17H17ClN4O2. The van der Waals surface area contributed by atoms with Gasteiger partial charge >= 0.3 is 0 Å². The molecular weight excluding hydrogens is 328 g/mol. The van der Waals surface area contributed by atoms with Crippen LogP contribution in [0.15, 0.2) is 18.2 Å². The van der Waals surface area contributed by atoms with Crippen LogP contribution in [0, 0.1) is 11.3 Å². The molecule has 2 aromatic rings. The average molecular weight is 345 g/mol. The molecule has 0 spiro atoms. The topological polar surface area (TPSA) is 71.2 Å². The lowest BCUT2D eigenvalue weighted by Crippen LogP contribution is -2.39. The van der Waals surface area contributed by atoms with Crippen LogP contribution < -0.4 is 4.74 Å². The third-order valence-electron chi connectivity index (χ3n) is 4.42. The summed E-state index contributed by atoms with van der Waals surface area (Å²) in [5.74, 6) is 0.304. The van der Waals surface area contributed by atoms with Crippen LogP contribution in [0.2, 0.25) is 5.02 Å². The minimum absolute atomic E-state index is 0.166. The molecule has 124 valence electrons. The van der Waals surface area contributed by atoms with Gasteiger partial charge in [0.25, 0.3) is 5.91 Å². The number of hydrogen-bond acceptors (Lipinski definition) is 4. The second-order valence-corrected chi connectivity index (χ2v) is 6.07. The van der Waals surface area contributed by atoms with Crippen molar-refractivity contribution in [3.63, 3.8) is 0 Å². The highest BCUT2D eigenvalue weighted by molar-refractivity contribution is 6.35. The number of nitrogens with zero attached hydrogens (tertiary/aromatic N) is 4. The van der Waals surface area contributed by atoms with E-state index in [9.17, 15) is 10.1 Å². The normalized spacial score (nSPS) is 16.5. The number of rotatable bonds is 2. The largest absolute Gasteiger partial charge is 0.495 e. The molecule has 0 saturated heterocycles. The van der Waals surface area contributed by atoms with E-state index >= 15 is 0 Å². The molecule has 1 aliphatic rings. The number of amides is 1. The number of halogens is 1. The third kappa shape index (κ3) is 2.42. The summed E-state index contributed by atoms with van der Waals surface area (Å²) in [6, 6.07) is 7.11. The summed E-state index contributed by atoms with van der Waals surface area (Å²) in [6.45, 7) is 2.43. The molecule has 1 aliphatic heterocycles. The lowest BCUT2D eigenvalue weighted by Gasteiger charge is -2.33. The Morgan fingerprint density at radius 2 is 2.25 bits per heavy atom. The molecule has 0 fully saturated rings. The highest BCUT2D eigenvalue weighted by Gasteiger charge is 2.33. The quantitative estimate of drug-likeness (QED) is 0.839. The first-order valence-electron chi connectivity index (χ1n) is 7.59. The third-order valence-corrected chi connectivity index (χ3v) is 4.81. The van der Waals surface area contributed by atoms with Crippen LogP contribution in [0.1, 0.15) is 40.3 Å². The Bertz CT molecular complexity index is 853. The zero-order valence-electron chi connectivity index (χ0n) is 13.7. The second kappa shape index (κ2) is 6.17. The minimum Gasteiger partial charge on any atom is -0.495 e. The summed E-state index contributed by atoms with van der Waals surface area (Å²) in [7, 11) is 3.26. The number of carbonyl (C=O) groups is 1. The van der Waals surface area contributed by atoms with Gasteiger partial charge in [-0.25, -0.2) is 0 Å². The van der Waals surface area contributed by atoms with Crippen molar-refractivity contribution in [2.24, 2.45) is 7.05 Å². The lowest BCUT2D eigenvalue weighted by atomic mass is 9.98. The van der Waals surface area contributed by atoms with E-state index in [1.807, 2.05) is 6.92 Å². The Morgan fingerprint density at radius 3 is 2.92 bits per heavy atom. The maximum absolute atomic E-state index is 13.0. The number of aromatic nitrogens is 2. The summed E-state index contributed by atoms with van der Waals surface area (Å²) in [4.78, 5) is 14.7. The van der Waals surface area contributed by atoms with Crippen molar-refractivity contribution < 1.29 is 9.53 Å². The summed E-state index contributed by atoms with van der Waals surface area (Å²) in [5.41, 5.74) is 2.66. The smallest absolute Gasteiger partial charge is 0.256 e. The molecule has 24 heavy (non-hydrogen) atoms. The van der Waals surface area contributed by atoms with E-state index in [1.165, 1.54) is 7.11 Å². The van der Waals surface area contributed by atoms with Gasteiger partial charge in [-0.3, -0.25) is 9.48 Å². The first-order valence-corrected chi connectivity index (χ1v) is 7.96. The molecule has 0 saturated carbocycles. The maximum atomic E-state index is 13.0. The minimum atomic E-state index is -0.225. The Morgan fingerprint density at radius 1 is 1.50 bits per heavy atom. The molecule has 7 heteroatoms. The zero-order chi connectivity index (χ0) is 17.4. The van der Waals surface area contributed by atoms with Crippen LogP contribution >= 0.6 is 11.6 Å². The molecule has 0 bridgehead atoms. The Hall–Kier alpha value is -2.52. The van der Waals surface area contributed by atoms with Gasteiger partial charge < -0.3 is 9.64 Å². The molecule has 6 nitrogen and oxygen atoms in total. The van der Waals surface area contributed by atoms with Gasteiger partial charge in [0.15, 0.2) is 0 Å². The van der Waals surface area contributed by atoms with E-state index in [1.54, 1.807) is 34.8 Å². The van der Waals surface area contributed by atoms with Gasteiger partial charge in [0, 0.05) is 19.2 Å². The summed E-state index contributed by atoms with van der Waals surface area (Å²) >= 11 is 6.29. The number of fused-ring (bicyclic) bond motifs is 1. The fourth-order valence-electron chi connectivity index (χ4n) is 3.15. The van der Waals surface area contributed by atoms with Crippen molar-refractivity contribution >= 4 is 17.5 Å². The average Bonchev–Trinajstić information content (AvgIpc) is 2.91. The SMILES string of the molecule is COc1cccc(C(=O)N2CCc3c(nn(C)c3C#N)C2C)c1Cl. The monoisotopic (exact) mass is 344 g/mol. The maximum Gasteiger partial charge on any atom is 0.256 e. The molecule has 0 N–H and O–H groups in total. The number of methoxy groups -OCH3 is 1. The molecule has 0 aliphatic carbocycles. The van der Waals surface area contributed by atoms with Crippen LogP contribution in [0.3, 0.4) is 0 Å². The van der Waals surface area contributed by atoms with E-state index in [-0.39, 0.29) is 11.9 Å². The summed E-state index contributed by atoms with van der Waals surface area (Å²) < 4.78 is 6.76. The Balaban J connectivity index is 1.97. The van der Waals surface area contributed by atoms with Crippen LogP contribution in [-0.4, -0.2) is 34.2 Å². The fraction of sp³-hybridized carbons (Fsp3) is 0.353. The van der Waals surface area contributed by atoms with Gasteiger partial charge in [-0.15, -0.1) is 0 Å². The van der Waals surface area contributed by atoms with Crippen molar-refractivity contribution in [1.82, 2.24) is 14.7 Å². The number of aryl methyl sites for hydroxylation is 1. The van der Waals surface area contributed by atoms with Crippen molar-refractivity contribution in [2.45, 2.75) is 19.4 Å². The predicted molar refractivity (Wildman–Crippen MR) is 89.1 cm³/mol.